The van der Waals surface area contributed by atoms with Crippen LogP contribution in [0.25, 0.3) is 0 Å². The number of sulfone groups is 1. The van der Waals surface area contributed by atoms with Gasteiger partial charge in [-0.1, -0.05) is 12.1 Å². The van der Waals surface area contributed by atoms with E-state index in [-0.39, 0.29) is 29.3 Å². The van der Waals surface area contributed by atoms with Gasteiger partial charge >= 0.3 is 0 Å². The van der Waals surface area contributed by atoms with Crippen LogP contribution < -0.4 is 11.1 Å². The van der Waals surface area contributed by atoms with E-state index in [9.17, 15) is 13.2 Å². The molecule has 2 unspecified atom stereocenters. The zero-order valence-corrected chi connectivity index (χ0v) is 12.7. The normalized spacial score (nSPS) is 14.1. The van der Waals surface area contributed by atoms with Crippen LogP contribution >= 0.6 is 12.4 Å². The fourth-order valence-corrected chi connectivity index (χ4v) is 2.06. The smallest absolute Gasteiger partial charge is 0.237 e. The Kier molecular flexibility index (Phi) is 6.48. The summed E-state index contributed by atoms with van der Waals surface area (Å²) in [6.45, 7) is 3.42. The summed E-state index contributed by atoms with van der Waals surface area (Å²) in [6.07, 6.45) is 1.16. The molecular weight excluding hydrogens is 288 g/mol. The molecule has 1 rings (SSSR count). The summed E-state index contributed by atoms with van der Waals surface area (Å²) in [6, 6.07) is 5.64. The standard InChI is InChI=1S/C12H18N2O3S.ClH/c1-8(13)12(15)14-9(2)10-4-6-11(7-5-10)18(3,16)17;/h4-9H,13H2,1-3H3,(H,14,15);1H. The highest BCUT2D eigenvalue weighted by molar-refractivity contribution is 7.90. The Morgan fingerprint density at radius 1 is 1.21 bits per heavy atom. The number of nitrogens with two attached hydrogens (primary N) is 1. The number of hydrogen-bond donors (Lipinski definition) is 2. The highest BCUT2D eigenvalue weighted by atomic mass is 35.5. The monoisotopic (exact) mass is 306 g/mol. The van der Waals surface area contributed by atoms with Gasteiger partial charge in [0.05, 0.1) is 17.0 Å². The molecule has 0 spiro atoms. The van der Waals surface area contributed by atoms with Gasteiger partial charge in [0.25, 0.3) is 0 Å². The molecule has 1 aromatic rings. The Bertz CT molecular complexity index is 526. The van der Waals surface area contributed by atoms with Crippen LogP contribution in [0.5, 0.6) is 0 Å². The van der Waals surface area contributed by atoms with E-state index in [1.807, 2.05) is 6.92 Å². The predicted octanol–water partition coefficient (Wildman–Crippen LogP) is 1.04. The number of carbonyl (C=O) groups excluding carboxylic acids is 1. The second kappa shape index (κ2) is 6.88. The van der Waals surface area contributed by atoms with Crippen molar-refractivity contribution in [2.75, 3.05) is 6.26 Å². The molecule has 0 aliphatic carbocycles. The fourth-order valence-electron chi connectivity index (χ4n) is 1.43. The maximum Gasteiger partial charge on any atom is 0.237 e. The third-order valence-corrected chi connectivity index (χ3v) is 3.71. The molecule has 0 heterocycles. The third-order valence-electron chi connectivity index (χ3n) is 2.58. The van der Waals surface area contributed by atoms with E-state index in [1.165, 1.54) is 12.1 Å². The van der Waals surface area contributed by atoms with Gasteiger partial charge in [0, 0.05) is 6.26 Å². The van der Waals surface area contributed by atoms with Crippen molar-refractivity contribution < 1.29 is 13.2 Å². The van der Waals surface area contributed by atoms with E-state index in [0.717, 1.165) is 11.8 Å². The average Bonchev–Trinajstić information content (AvgIpc) is 2.27. The quantitative estimate of drug-likeness (QED) is 0.869. The lowest BCUT2D eigenvalue weighted by Crippen LogP contribution is -2.39. The zero-order valence-electron chi connectivity index (χ0n) is 11.1. The van der Waals surface area contributed by atoms with Crippen LogP contribution in [-0.2, 0) is 14.6 Å². The van der Waals surface area contributed by atoms with Gasteiger partial charge in [-0.2, -0.15) is 0 Å². The molecule has 3 N–H and O–H groups in total. The fraction of sp³-hybridized carbons (Fsp3) is 0.417. The van der Waals surface area contributed by atoms with Crippen LogP contribution in [0.15, 0.2) is 29.2 Å². The van der Waals surface area contributed by atoms with E-state index in [1.54, 1.807) is 19.1 Å². The Morgan fingerprint density at radius 2 is 1.68 bits per heavy atom. The van der Waals surface area contributed by atoms with Gasteiger partial charge in [-0.15, -0.1) is 12.4 Å². The second-order valence-corrected chi connectivity index (χ2v) is 6.38. The highest BCUT2D eigenvalue weighted by Crippen LogP contribution is 2.16. The van der Waals surface area contributed by atoms with Crippen molar-refractivity contribution in [1.29, 1.82) is 0 Å². The van der Waals surface area contributed by atoms with Gasteiger partial charge in [-0.05, 0) is 31.5 Å². The van der Waals surface area contributed by atoms with Gasteiger partial charge in [0.2, 0.25) is 5.91 Å². The predicted molar refractivity (Wildman–Crippen MR) is 77.0 cm³/mol. The van der Waals surface area contributed by atoms with Gasteiger partial charge in [-0.25, -0.2) is 8.42 Å². The minimum Gasteiger partial charge on any atom is -0.348 e. The molecule has 0 aliphatic rings. The van der Waals surface area contributed by atoms with Crippen molar-refractivity contribution in [1.82, 2.24) is 5.32 Å². The Balaban J connectivity index is 0.00000324. The molecule has 0 fully saturated rings. The number of hydrogen-bond acceptors (Lipinski definition) is 4. The van der Waals surface area contributed by atoms with Crippen LogP contribution in [0.3, 0.4) is 0 Å². The van der Waals surface area contributed by atoms with E-state index in [4.69, 9.17) is 5.73 Å². The molecule has 19 heavy (non-hydrogen) atoms. The molecule has 108 valence electrons. The second-order valence-electron chi connectivity index (χ2n) is 4.36. The van der Waals surface area contributed by atoms with Crippen LogP contribution in [0.2, 0.25) is 0 Å². The molecule has 1 amide bonds. The van der Waals surface area contributed by atoms with E-state index >= 15 is 0 Å². The molecule has 0 saturated heterocycles. The summed E-state index contributed by atoms with van der Waals surface area (Å²) < 4.78 is 22.6. The van der Waals surface area contributed by atoms with Crippen LogP contribution in [-0.4, -0.2) is 26.6 Å². The molecule has 7 heteroatoms. The number of amides is 1. The number of carbonyl (C=O) groups is 1. The Labute approximate surface area is 119 Å². The topological polar surface area (TPSA) is 89.3 Å². The van der Waals surface area contributed by atoms with Crippen molar-refractivity contribution >= 4 is 28.2 Å². The van der Waals surface area contributed by atoms with Crippen molar-refractivity contribution in [2.45, 2.75) is 30.8 Å². The number of halogens is 1. The summed E-state index contributed by atoms with van der Waals surface area (Å²) in [5, 5.41) is 2.74. The molecule has 0 aliphatic heterocycles. The van der Waals surface area contributed by atoms with Crippen LogP contribution in [0, 0.1) is 0 Å². The average molecular weight is 307 g/mol. The first-order valence-electron chi connectivity index (χ1n) is 5.58. The summed E-state index contributed by atoms with van der Waals surface area (Å²) in [7, 11) is -3.19. The van der Waals surface area contributed by atoms with E-state index in [2.05, 4.69) is 5.32 Å². The van der Waals surface area contributed by atoms with Crippen LogP contribution in [0.4, 0.5) is 0 Å². The maximum atomic E-state index is 11.4. The largest absolute Gasteiger partial charge is 0.348 e. The van der Waals surface area contributed by atoms with Gasteiger partial charge in [0.1, 0.15) is 0 Å². The summed E-state index contributed by atoms with van der Waals surface area (Å²) in [5.41, 5.74) is 6.28. The van der Waals surface area contributed by atoms with E-state index in [0.29, 0.717) is 0 Å². The number of rotatable bonds is 4. The molecule has 2 atom stereocenters. The lowest BCUT2D eigenvalue weighted by molar-refractivity contribution is -0.122. The molecule has 0 radical (unpaired) electrons. The van der Waals surface area contributed by atoms with Gasteiger partial charge in [-0.3, -0.25) is 4.79 Å². The molecule has 5 nitrogen and oxygen atoms in total. The first kappa shape index (κ1) is 17.9. The van der Waals surface area contributed by atoms with Crippen molar-refractivity contribution in [3.05, 3.63) is 29.8 Å². The molecule has 0 aromatic heterocycles. The van der Waals surface area contributed by atoms with Crippen molar-refractivity contribution in [3.8, 4) is 0 Å². The summed E-state index contributed by atoms with van der Waals surface area (Å²) >= 11 is 0. The molecular formula is C12H19ClN2O3S. The summed E-state index contributed by atoms with van der Waals surface area (Å²) in [5.74, 6) is -0.241. The van der Waals surface area contributed by atoms with E-state index < -0.39 is 15.9 Å². The SMILES string of the molecule is CC(N)C(=O)NC(C)c1ccc(S(C)(=O)=O)cc1.Cl. The maximum absolute atomic E-state index is 11.4. The highest BCUT2D eigenvalue weighted by Gasteiger charge is 2.13. The summed E-state index contributed by atoms with van der Waals surface area (Å²) in [4.78, 5) is 11.7. The number of benzene rings is 1. The van der Waals surface area contributed by atoms with Crippen molar-refractivity contribution in [2.24, 2.45) is 5.73 Å². The molecule has 0 bridgehead atoms. The zero-order chi connectivity index (χ0) is 13.9. The molecule has 0 saturated carbocycles. The van der Waals surface area contributed by atoms with Crippen LogP contribution in [0.1, 0.15) is 25.5 Å². The Hall–Kier alpha value is -1.11. The minimum atomic E-state index is -3.19. The Morgan fingerprint density at radius 3 is 2.05 bits per heavy atom. The lowest BCUT2D eigenvalue weighted by Gasteiger charge is -2.16. The van der Waals surface area contributed by atoms with Gasteiger partial charge in [0.15, 0.2) is 9.84 Å². The molecule has 1 aromatic carbocycles. The lowest BCUT2D eigenvalue weighted by atomic mass is 10.1. The first-order chi connectivity index (χ1) is 8.21. The van der Waals surface area contributed by atoms with Crippen molar-refractivity contribution in [3.63, 3.8) is 0 Å². The minimum absolute atomic E-state index is 0. The number of nitrogens with one attached hydrogen (secondary N) is 1. The third kappa shape index (κ3) is 5.18. The van der Waals surface area contributed by atoms with Gasteiger partial charge < -0.3 is 11.1 Å². The first-order valence-corrected chi connectivity index (χ1v) is 7.47.